The monoisotopic (exact) mass is 354 g/mol. The number of piperidine rings is 1. The first-order valence-electron chi connectivity index (χ1n) is 9.37. The van der Waals surface area contributed by atoms with Crippen molar-refractivity contribution in [2.45, 2.75) is 18.3 Å². The summed E-state index contributed by atoms with van der Waals surface area (Å²) in [6.45, 7) is 5.08. The summed E-state index contributed by atoms with van der Waals surface area (Å²) in [6, 6.07) is 12.4. The van der Waals surface area contributed by atoms with E-state index in [-0.39, 0.29) is 12.0 Å². The molecule has 1 aromatic heterocycles. The molecule has 0 spiro atoms. The Morgan fingerprint density at radius 3 is 2.46 bits per heavy atom. The third-order valence-corrected chi connectivity index (χ3v) is 5.56. The minimum Gasteiger partial charge on any atom is -0.395 e. The minimum atomic E-state index is -0.233. The Hall–Kier alpha value is -2.18. The molecule has 1 atom stereocenters. The fourth-order valence-electron chi connectivity index (χ4n) is 4.05. The van der Waals surface area contributed by atoms with Gasteiger partial charge in [-0.15, -0.1) is 0 Å². The van der Waals surface area contributed by atoms with Gasteiger partial charge in [-0.3, -0.25) is 0 Å². The van der Waals surface area contributed by atoms with Crippen LogP contribution in [-0.4, -0.2) is 61.1 Å². The van der Waals surface area contributed by atoms with Gasteiger partial charge in [0.25, 0.3) is 0 Å². The van der Waals surface area contributed by atoms with E-state index in [4.69, 9.17) is 4.74 Å². The Morgan fingerprint density at radius 2 is 1.73 bits per heavy atom. The van der Waals surface area contributed by atoms with Crippen molar-refractivity contribution in [2.75, 3.05) is 55.8 Å². The van der Waals surface area contributed by atoms with E-state index in [0.29, 0.717) is 0 Å². The van der Waals surface area contributed by atoms with E-state index in [1.165, 1.54) is 5.56 Å². The second-order valence-corrected chi connectivity index (χ2v) is 7.16. The van der Waals surface area contributed by atoms with Crippen molar-refractivity contribution in [3.63, 3.8) is 0 Å². The standard InChI is InChI=1S/C20H26N4O2/c25-15-20(17-5-2-1-3-6-17)7-4-8-24(14-20)19-13-18(21-16-22-19)23-9-11-26-12-10-23/h1-3,5-6,13,16,25H,4,7-12,14-15H2. The first-order chi connectivity index (χ1) is 12.8. The highest BCUT2D eigenvalue weighted by Crippen LogP contribution is 2.35. The number of anilines is 2. The maximum atomic E-state index is 10.2. The van der Waals surface area contributed by atoms with Gasteiger partial charge in [0.05, 0.1) is 19.8 Å². The number of aromatic nitrogens is 2. The number of nitrogens with zero attached hydrogens (tertiary/aromatic N) is 4. The molecule has 0 saturated carbocycles. The molecule has 138 valence electrons. The number of aliphatic hydroxyl groups is 1. The normalized spacial score (nSPS) is 23.9. The highest BCUT2D eigenvalue weighted by molar-refractivity contribution is 5.51. The highest BCUT2D eigenvalue weighted by atomic mass is 16.5. The van der Waals surface area contributed by atoms with Gasteiger partial charge >= 0.3 is 0 Å². The van der Waals surface area contributed by atoms with E-state index >= 15 is 0 Å². The molecule has 0 aliphatic carbocycles. The number of hydrogen-bond acceptors (Lipinski definition) is 6. The predicted octanol–water partition coefficient (Wildman–Crippen LogP) is 1.84. The maximum Gasteiger partial charge on any atom is 0.134 e. The summed E-state index contributed by atoms with van der Waals surface area (Å²) < 4.78 is 5.44. The average Bonchev–Trinajstić information content (AvgIpc) is 2.75. The summed E-state index contributed by atoms with van der Waals surface area (Å²) in [5, 5.41) is 10.2. The van der Waals surface area contributed by atoms with E-state index in [0.717, 1.165) is 63.9 Å². The van der Waals surface area contributed by atoms with Crippen LogP contribution in [0.5, 0.6) is 0 Å². The van der Waals surface area contributed by atoms with E-state index in [1.807, 2.05) is 18.2 Å². The third-order valence-electron chi connectivity index (χ3n) is 5.56. The second kappa shape index (κ2) is 7.60. The van der Waals surface area contributed by atoms with Gasteiger partial charge in [0.2, 0.25) is 0 Å². The van der Waals surface area contributed by atoms with Gasteiger partial charge in [0.15, 0.2) is 0 Å². The SMILES string of the molecule is OCC1(c2ccccc2)CCCN(c2cc(N3CCOCC3)ncn2)C1. The van der Waals surface area contributed by atoms with Crippen LogP contribution in [0.1, 0.15) is 18.4 Å². The van der Waals surface area contributed by atoms with Gasteiger partial charge in [-0.05, 0) is 18.4 Å². The molecule has 0 radical (unpaired) electrons. The fraction of sp³-hybridized carbons (Fsp3) is 0.500. The van der Waals surface area contributed by atoms with E-state index in [9.17, 15) is 5.11 Å². The molecule has 2 fully saturated rings. The molecule has 2 aromatic rings. The summed E-state index contributed by atoms with van der Waals surface area (Å²) in [4.78, 5) is 13.5. The van der Waals surface area contributed by atoms with Crippen LogP contribution in [0.3, 0.4) is 0 Å². The van der Waals surface area contributed by atoms with Crippen molar-refractivity contribution in [3.05, 3.63) is 48.3 Å². The van der Waals surface area contributed by atoms with Crippen LogP contribution in [-0.2, 0) is 10.2 Å². The van der Waals surface area contributed by atoms with E-state index < -0.39 is 0 Å². The van der Waals surface area contributed by atoms with Crippen molar-refractivity contribution in [1.29, 1.82) is 0 Å². The first kappa shape index (κ1) is 17.2. The van der Waals surface area contributed by atoms with Crippen LogP contribution in [0.15, 0.2) is 42.7 Å². The molecule has 0 bridgehead atoms. The number of benzene rings is 1. The lowest BCUT2D eigenvalue weighted by Crippen LogP contribution is -2.48. The predicted molar refractivity (Wildman–Crippen MR) is 102 cm³/mol. The van der Waals surface area contributed by atoms with Crippen molar-refractivity contribution < 1.29 is 9.84 Å². The van der Waals surface area contributed by atoms with Crippen molar-refractivity contribution in [1.82, 2.24) is 9.97 Å². The molecular weight excluding hydrogens is 328 g/mol. The fourth-order valence-corrected chi connectivity index (χ4v) is 4.05. The summed E-state index contributed by atoms with van der Waals surface area (Å²) in [5.74, 6) is 1.90. The van der Waals surface area contributed by atoms with Gasteiger partial charge in [-0.25, -0.2) is 9.97 Å². The Morgan fingerprint density at radius 1 is 1.00 bits per heavy atom. The molecule has 6 nitrogen and oxygen atoms in total. The van der Waals surface area contributed by atoms with Gasteiger partial charge in [-0.2, -0.15) is 0 Å². The third kappa shape index (κ3) is 3.39. The van der Waals surface area contributed by atoms with Crippen LogP contribution < -0.4 is 9.80 Å². The zero-order chi connectivity index (χ0) is 17.8. The van der Waals surface area contributed by atoms with Crippen LogP contribution in [0.25, 0.3) is 0 Å². The molecule has 2 saturated heterocycles. The Kier molecular flexibility index (Phi) is 5.04. The molecule has 3 heterocycles. The van der Waals surface area contributed by atoms with Crippen LogP contribution in [0.4, 0.5) is 11.6 Å². The number of rotatable bonds is 4. The van der Waals surface area contributed by atoms with Crippen molar-refractivity contribution in [3.8, 4) is 0 Å². The second-order valence-electron chi connectivity index (χ2n) is 7.16. The molecule has 1 N–H and O–H groups in total. The maximum absolute atomic E-state index is 10.2. The van der Waals surface area contributed by atoms with Crippen LogP contribution >= 0.6 is 0 Å². The first-order valence-corrected chi connectivity index (χ1v) is 9.37. The number of aliphatic hydroxyl groups excluding tert-OH is 1. The number of ether oxygens (including phenoxy) is 1. The lowest BCUT2D eigenvalue weighted by Gasteiger charge is -2.43. The Labute approximate surface area is 154 Å². The molecule has 6 heteroatoms. The molecule has 0 amide bonds. The molecule has 26 heavy (non-hydrogen) atoms. The number of morpholine rings is 1. The molecular formula is C20H26N4O2. The Balaban J connectivity index is 1.58. The largest absolute Gasteiger partial charge is 0.395 e. The van der Waals surface area contributed by atoms with E-state index in [1.54, 1.807) is 6.33 Å². The van der Waals surface area contributed by atoms with E-state index in [2.05, 4.69) is 38.0 Å². The smallest absolute Gasteiger partial charge is 0.134 e. The molecule has 1 aromatic carbocycles. The summed E-state index contributed by atoms with van der Waals surface area (Å²) in [7, 11) is 0. The molecule has 2 aliphatic heterocycles. The summed E-state index contributed by atoms with van der Waals surface area (Å²) in [6.07, 6.45) is 3.68. The zero-order valence-electron chi connectivity index (χ0n) is 15.0. The highest BCUT2D eigenvalue weighted by Gasteiger charge is 2.37. The van der Waals surface area contributed by atoms with Gasteiger partial charge in [0.1, 0.15) is 18.0 Å². The average molecular weight is 354 g/mol. The topological polar surface area (TPSA) is 61.7 Å². The van der Waals surface area contributed by atoms with Crippen LogP contribution in [0.2, 0.25) is 0 Å². The molecule has 2 aliphatic rings. The zero-order valence-corrected chi connectivity index (χ0v) is 15.0. The van der Waals surface area contributed by atoms with Crippen molar-refractivity contribution in [2.24, 2.45) is 0 Å². The van der Waals surface area contributed by atoms with Crippen LogP contribution in [0, 0.1) is 0 Å². The summed E-state index contributed by atoms with van der Waals surface area (Å²) >= 11 is 0. The number of hydrogen-bond donors (Lipinski definition) is 1. The summed E-state index contributed by atoms with van der Waals surface area (Å²) in [5.41, 5.74) is 0.971. The lowest BCUT2D eigenvalue weighted by molar-refractivity contribution is 0.122. The molecule has 1 unspecified atom stereocenters. The lowest BCUT2D eigenvalue weighted by atomic mass is 9.75. The quantitative estimate of drug-likeness (QED) is 0.904. The molecule has 4 rings (SSSR count). The van der Waals surface area contributed by atoms with Gasteiger partial charge < -0.3 is 19.6 Å². The van der Waals surface area contributed by atoms with Crippen molar-refractivity contribution >= 4 is 11.6 Å². The van der Waals surface area contributed by atoms with Gasteiger partial charge in [-0.1, -0.05) is 30.3 Å². The Bertz CT molecular complexity index is 721. The minimum absolute atomic E-state index is 0.148. The van der Waals surface area contributed by atoms with Gasteiger partial charge in [0, 0.05) is 37.7 Å².